The summed E-state index contributed by atoms with van der Waals surface area (Å²) in [5.74, 6) is 1.30. The van der Waals surface area contributed by atoms with Crippen molar-refractivity contribution in [1.82, 2.24) is 30.1 Å². The fraction of sp³-hybridized carbons (Fsp3) is 0.429. The predicted octanol–water partition coefficient (Wildman–Crippen LogP) is 0.491. The molecule has 0 aliphatic heterocycles. The van der Waals surface area contributed by atoms with E-state index in [0.717, 1.165) is 11.5 Å². The van der Waals surface area contributed by atoms with Gasteiger partial charge in [-0.2, -0.15) is 0 Å². The average molecular weight is 431 g/mol. The zero-order valence-electron chi connectivity index (χ0n) is 13.5. The van der Waals surface area contributed by atoms with Crippen molar-refractivity contribution >= 4 is 41.5 Å². The number of carbonyl (C=O) groups excluding carboxylic acids is 1. The summed E-state index contributed by atoms with van der Waals surface area (Å²) in [6.07, 6.45) is 1.90. The van der Waals surface area contributed by atoms with Crippen molar-refractivity contribution in [2.75, 3.05) is 27.2 Å². The van der Waals surface area contributed by atoms with E-state index in [1.807, 2.05) is 35.7 Å². The monoisotopic (exact) mass is 431 g/mol. The molecule has 2 N–H and O–H groups in total. The molecule has 23 heavy (non-hydrogen) atoms. The number of hydrogen-bond acceptors (Lipinski definition) is 4. The molecule has 0 aliphatic rings. The minimum absolute atomic E-state index is 0. The van der Waals surface area contributed by atoms with Crippen LogP contribution in [0.3, 0.4) is 0 Å². The maximum atomic E-state index is 11.6. The van der Waals surface area contributed by atoms with Crippen molar-refractivity contribution in [2.24, 2.45) is 4.99 Å². The molecule has 0 atom stereocenters. The number of fused-ring (bicyclic) bond motifs is 1. The predicted molar refractivity (Wildman–Crippen MR) is 99.9 cm³/mol. The minimum atomic E-state index is -0.0152. The molecule has 1 amide bonds. The van der Waals surface area contributed by atoms with Gasteiger partial charge in [0, 0.05) is 26.8 Å². The third kappa shape index (κ3) is 5.34. The SMILES string of the molecule is CCNC(=NCc1nnc2ccccn12)NCC(=O)N(C)C.I. The highest BCUT2D eigenvalue weighted by molar-refractivity contribution is 14.0. The van der Waals surface area contributed by atoms with Crippen LogP contribution in [0.1, 0.15) is 12.7 Å². The summed E-state index contributed by atoms with van der Waals surface area (Å²) < 4.78 is 1.89. The number of pyridine rings is 1. The smallest absolute Gasteiger partial charge is 0.241 e. The molecule has 2 rings (SSSR count). The first-order valence-electron chi connectivity index (χ1n) is 7.12. The largest absolute Gasteiger partial charge is 0.357 e. The number of nitrogens with zero attached hydrogens (tertiary/aromatic N) is 5. The molecule has 0 fully saturated rings. The van der Waals surface area contributed by atoms with Crippen LogP contribution in [0.5, 0.6) is 0 Å². The van der Waals surface area contributed by atoms with Crippen molar-refractivity contribution in [1.29, 1.82) is 0 Å². The molecule has 2 aromatic rings. The second kappa shape index (κ2) is 9.28. The van der Waals surface area contributed by atoms with Crippen molar-refractivity contribution in [3.8, 4) is 0 Å². The third-order valence-electron chi connectivity index (χ3n) is 3.01. The van der Waals surface area contributed by atoms with Gasteiger partial charge in [0.2, 0.25) is 5.91 Å². The molecule has 0 aromatic carbocycles. The summed E-state index contributed by atoms with van der Waals surface area (Å²) in [5.41, 5.74) is 0.786. The van der Waals surface area contributed by atoms with Crippen molar-refractivity contribution in [2.45, 2.75) is 13.5 Å². The quantitative estimate of drug-likeness (QED) is 0.409. The zero-order chi connectivity index (χ0) is 15.9. The summed E-state index contributed by atoms with van der Waals surface area (Å²) >= 11 is 0. The fourth-order valence-electron chi connectivity index (χ4n) is 1.81. The van der Waals surface area contributed by atoms with Crippen LogP contribution < -0.4 is 10.6 Å². The number of hydrogen-bond donors (Lipinski definition) is 2. The highest BCUT2D eigenvalue weighted by atomic mass is 127. The molecule has 0 spiro atoms. The summed E-state index contributed by atoms with van der Waals surface area (Å²) in [6.45, 7) is 3.25. The van der Waals surface area contributed by atoms with Gasteiger partial charge in [-0.25, -0.2) is 4.99 Å². The number of aromatic nitrogens is 3. The summed E-state index contributed by atoms with van der Waals surface area (Å²) in [4.78, 5) is 17.6. The molecule has 0 bridgehead atoms. The third-order valence-corrected chi connectivity index (χ3v) is 3.01. The van der Waals surface area contributed by atoms with Crippen molar-refractivity contribution in [3.05, 3.63) is 30.2 Å². The van der Waals surface area contributed by atoms with Gasteiger partial charge in [-0.05, 0) is 19.1 Å². The lowest BCUT2D eigenvalue weighted by Crippen LogP contribution is -2.42. The molecule has 2 heterocycles. The molecule has 2 aromatic heterocycles. The van der Waals surface area contributed by atoms with E-state index >= 15 is 0 Å². The minimum Gasteiger partial charge on any atom is -0.357 e. The number of carbonyl (C=O) groups is 1. The first-order valence-corrected chi connectivity index (χ1v) is 7.12. The molecular weight excluding hydrogens is 409 g/mol. The summed E-state index contributed by atoms with van der Waals surface area (Å²) in [6, 6.07) is 5.72. The average Bonchev–Trinajstić information content (AvgIpc) is 2.93. The van der Waals surface area contributed by atoms with Gasteiger partial charge in [-0.3, -0.25) is 9.20 Å². The number of rotatable bonds is 5. The second-order valence-corrected chi connectivity index (χ2v) is 4.88. The van der Waals surface area contributed by atoms with E-state index in [2.05, 4.69) is 25.8 Å². The van der Waals surface area contributed by atoms with Gasteiger partial charge in [-0.15, -0.1) is 34.2 Å². The molecule has 0 saturated carbocycles. The van der Waals surface area contributed by atoms with Crippen LogP contribution in [0, 0.1) is 0 Å². The Balaban J connectivity index is 0.00000264. The van der Waals surface area contributed by atoms with Gasteiger partial charge < -0.3 is 15.5 Å². The molecule has 0 unspecified atom stereocenters. The van der Waals surface area contributed by atoms with Gasteiger partial charge in [0.1, 0.15) is 6.54 Å². The second-order valence-electron chi connectivity index (χ2n) is 4.88. The van der Waals surface area contributed by atoms with Crippen LogP contribution >= 0.6 is 24.0 Å². The summed E-state index contributed by atoms with van der Waals surface area (Å²) in [5, 5.41) is 14.3. The molecule has 9 heteroatoms. The Morgan fingerprint density at radius 1 is 1.30 bits per heavy atom. The number of amides is 1. The first-order chi connectivity index (χ1) is 10.6. The van der Waals surface area contributed by atoms with Crippen LogP contribution in [-0.4, -0.2) is 58.5 Å². The molecule has 0 saturated heterocycles. The lowest BCUT2D eigenvalue weighted by Gasteiger charge is -2.13. The highest BCUT2D eigenvalue weighted by Gasteiger charge is 2.07. The van der Waals surface area contributed by atoms with E-state index in [-0.39, 0.29) is 36.4 Å². The van der Waals surface area contributed by atoms with Crippen LogP contribution in [0.4, 0.5) is 0 Å². The Bertz CT molecular complexity index is 668. The molecular formula is C14H22IN7O. The normalized spacial score (nSPS) is 11.0. The van der Waals surface area contributed by atoms with Gasteiger partial charge in [0.25, 0.3) is 0 Å². The standard InChI is InChI=1S/C14H21N7O.HI/c1-4-15-14(17-10-13(22)20(2)3)16-9-12-19-18-11-7-5-6-8-21(11)12;/h5-8H,4,9-10H2,1-3H3,(H2,15,16,17);1H. The van der Waals surface area contributed by atoms with Crippen LogP contribution in [-0.2, 0) is 11.3 Å². The number of halogens is 1. The highest BCUT2D eigenvalue weighted by Crippen LogP contribution is 2.03. The molecule has 0 radical (unpaired) electrons. The van der Waals surface area contributed by atoms with Gasteiger partial charge >= 0.3 is 0 Å². The maximum Gasteiger partial charge on any atom is 0.241 e. The van der Waals surface area contributed by atoms with Crippen molar-refractivity contribution in [3.63, 3.8) is 0 Å². The molecule has 8 nitrogen and oxygen atoms in total. The van der Waals surface area contributed by atoms with Crippen LogP contribution in [0.25, 0.3) is 5.65 Å². The van der Waals surface area contributed by atoms with E-state index in [4.69, 9.17) is 0 Å². The topological polar surface area (TPSA) is 86.9 Å². The van der Waals surface area contributed by atoms with Gasteiger partial charge in [0.15, 0.2) is 17.4 Å². The lowest BCUT2D eigenvalue weighted by molar-refractivity contribution is -0.127. The van der Waals surface area contributed by atoms with Crippen LogP contribution in [0.15, 0.2) is 29.4 Å². The first kappa shape index (κ1) is 19.1. The van der Waals surface area contributed by atoms with Crippen LogP contribution in [0.2, 0.25) is 0 Å². The van der Waals surface area contributed by atoms with E-state index in [9.17, 15) is 4.79 Å². The zero-order valence-corrected chi connectivity index (χ0v) is 15.8. The summed E-state index contributed by atoms with van der Waals surface area (Å²) in [7, 11) is 3.44. The van der Waals surface area contributed by atoms with Gasteiger partial charge in [0.05, 0.1) is 6.54 Å². The Hall–Kier alpha value is -1.91. The Kier molecular flexibility index (Phi) is 7.72. The lowest BCUT2D eigenvalue weighted by atomic mass is 10.4. The Morgan fingerprint density at radius 3 is 2.78 bits per heavy atom. The maximum absolute atomic E-state index is 11.6. The number of guanidine groups is 1. The van der Waals surface area contributed by atoms with E-state index < -0.39 is 0 Å². The Labute approximate surface area is 152 Å². The molecule has 0 aliphatic carbocycles. The van der Waals surface area contributed by atoms with Crippen molar-refractivity contribution < 1.29 is 4.79 Å². The van der Waals surface area contributed by atoms with E-state index in [0.29, 0.717) is 19.0 Å². The number of nitrogens with one attached hydrogen (secondary N) is 2. The van der Waals surface area contributed by atoms with Gasteiger partial charge in [-0.1, -0.05) is 6.07 Å². The number of likely N-dealkylation sites (N-methyl/N-ethyl adjacent to an activating group) is 1. The van der Waals surface area contributed by atoms with E-state index in [1.165, 1.54) is 4.90 Å². The number of aliphatic imine (C=N–C) groups is 1. The van der Waals surface area contributed by atoms with E-state index in [1.54, 1.807) is 14.1 Å². The molecule has 126 valence electrons. The Morgan fingerprint density at radius 2 is 2.09 bits per heavy atom. The fourth-order valence-corrected chi connectivity index (χ4v) is 1.81.